The number of anilines is 2. The summed E-state index contributed by atoms with van der Waals surface area (Å²) in [5.74, 6) is -1.09. The fourth-order valence-electron chi connectivity index (χ4n) is 3.74. The molecule has 0 radical (unpaired) electrons. The molecule has 0 saturated carbocycles. The lowest BCUT2D eigenvalue weighted by molar-refractivity contribution is 0.184. The largest absolute Gasteiger partial charge is 0.390 e. The number of rotatable bonds is 7. The van der Waals surface area contributed by atoms with E-state index in [2.05, 4.69) is 4.72 Å². The van der Waals surface area contributed by atoms with Gasteiger partial charge in [0, 0.05) is 5.69 Å². The van der Waals surface area contributed by atoms with Crippen molar-refractivity contribution in [2.24, 2.45) is 0 Å². The average Bonchev–Trinajstić information content (AvgIpc) is 3.07. The molecule has 0 bridgehead atoms. The second kappa shape index (κ2) is 9.02. The van der Waals surface area contributed by atoms with Crippen LogP contribution in [0.3, 0.4) is 0 Å². The van der Waals surface area contributed by atoms with Crippen LogP contribution in [0.2, 0.25) is 0 Å². The highest BCUT2D eigenvalue weighted by atomic mass is 32.2. The Morgan fingerprint density at radius 3 is 1.79 bits per heavy atom. The van der Waals surface area contributed by atoms with E-state index in [0.29, 0.717) is 0 Å². The molecule has 180 valence electrons. The fraction of sp³-hybridized carbons (Fsp3) is 0.182. The van der Waals surface area contributed by atoms with Crippen LogP contribution in [0.5, 0.6) is 0 Å². The molecule has 0 unspecified atom stereocenters. The second-order valence-electron chi connectivity index (χ2n) is 7.79. The molecule has 0 amide bonds. The van der Waals surface area contributed by atoms with E-state index in [0.717, 1.165) is 4.31 Å². The van der Waals surface area contributed by atoms with Crippen molar-refractivity contribution in [2.75, 3.05) is 20.5 Å². The number of aliphatic hydroxyl groups excluding tert-OH is 1. The van der Waals surface area contributed by atoms with E-state index in [1.54, 1.807) is 24.3 Å². The summed E-state index contributed by atoms with van der Waals surface area (Å²) in [6, 6.07) is 19.4. The first-order chi connectivity index (χ1) is 16.0. The molecule has 9 nitrogen and oxygen atoms in total. The van der Waals surface area contributed by atoms with Gasteiger partial charge in [-0.25, -0.2) is 25.3 Å². The van der Waals surface area contributed by atoms with E-state index >= 15 is 0 Å². The van der Waals surface area contributed by atoms with Crippen molar-refractivity contribution >= 4 is 41.3 Å². The molecule has 1 aliphatic rings. The Labute approximate surface area is 198 Å². The monoisotopic (exact) mass is 522 g/mol. The molecule has 1 aliphatic heterocycles. The molecule has 12 heteroatoms. The topological polar surface area (TPSA) is 138 Å². The maximum atomic E-state index is 13.5. The first kappa shape index (κ1) is 24.2. The van der Waals surface area contributed by atoms with Gasteiger partial charge in [-0.1, -0.05) is 36.4 Å². The minimum atomic E-state index is -4.24. The zero-order valence-corrected chi connectivity index (χ0v) is 20.2. The third-order valence-electron chi connectivity index (χ3n) is 5.32. The zero-order chi connectivity index (χ0) is 24.6. The molecule has 34 heavy (non-hydrogen) atoms. The molecule has 1 heterocycles. The summed E-state index contributed by atoms with van der Waals surface area (Å²) in [4.78, 5) is -0.00741. The van der Waals surface area contributed by atoms with Crippen LogP contribution in [-0.2, 0) is 29.9 Å². The highest BCUT2D eigenvalue weighted by molar-refractivity contribution is 7.93. The van der Waals surface area contributed by atoms with Gasteiger partial charge in [0.25, 0.3) is 20.0 Å². The van der Waals surface area contributed by atoms with Crippen LogP contribution in [0, 0.1) is 0 Å². The molecular weight excluding hydrogens is 500 g/mol. The first-order valence-corrected chi connectivity index (χ1v) is 14.9. The van der Waals surface area contributed by atoms with Crippen LogP contribution >= 0.6 is 0 Å². The van der Waals surface area contributed by atoms with Crippen LogP contribution in [0.4, 0.5) is 11.4 Å². The first-order valence-electron chi connectivity index (χ1n) is 10.2. The van der Waals surface area contributed by atoms with E-state index in [-0.39, 0.29) is 21.2 Å². The minimum Gasteiger partial charge on any atom is -0.390 e. The number of nitrogens with zero attached hydrogens (tertiary/aromatic N) is 1. The van der Waals surface area contributed by atoms with E-state index in [4.69, 9.17) is 0 Å². The third-order valence-corrected chi connectivity index (χ3v) is 10.3. The zero-order valence-electron chi connectivity index (χ0n) is 17.7. The van der Waals surface area contributed by atoms with Crippen LogP contribution in [-0.4, -0.2) is 54.0 Å². The standard InChI is InChI=1S/C22H22N2O7S3/c25-22-16-32(26,27)15-21(22)24(34(30,31)20-9-5-2-6-10-20)18-13-11-17(12-14-18)23-33(28,29)19-7-3-1-4-8-19/h1-14,21-23,25H,15-16H2/t21-,22-/m1/s1. The minimum absolute atomic E-state index is 0.0617. The molecule has 0 spiro atoms. The van der Waals surface area contributed by atoms with E-state index in [1.165, 1.54) is 60.7 Å². The predicted molar refractivity (Wildman–Crippen MR) is 128 cm³/mol. The Balaban J connectivity index is 1.71. The number of sulfone groups is 1. The smallest absolute Gasteiger partial charge is 0.264 e. The normalized spacial score (nSPS) is 20.0. The van der Waals surface area contributed by atoms with E-state index in [9.17, 15) is 30.4 Å². The van der Waals surface area contributed by atoms with Gasteiger partial charge in [0.15, 0.2) is 9.84 Å². The Bertz CT molecular complexity index is 1480. The van der Waals surface area contributed by atoms with Crippen molar-refractivity contribution in [2.45, 2.75) is 21.9 Å². The highest BCUT2D eigenvalue weighted by Crippen LogP contribution is 2.32. The quantitative estimate of drug-likeness (QED) is 0.483. The number of nitrogens with one attached hydrogen (secondary N) is 1. The average molecular weight is 523 g/mol. The van der Waals surface area contributed by atoms with E-state index < -0.39 is 53.5 Å². The molecule has 3 aromatic carbocycles. The van der Waals surface area contributed by atoms with Gasteiger partial charge in [0.1, 0.15) is 0 Å². The lowest BCUT2D eigenvalue weighted by Gasteiger charge is -2.31. The number of hydrogen-bond donors (Lipinski definition) is 2. The van der Waals surface area contributed by atoms with Gasteiger partial charge in [0.2, 0.25) is 0 Å². The molecule has 1 saturated heterocycles. The Morgan fingerprint density at radius 2 is 1.29 bits per heavy atom. The molecule has 2 atom stereocenters. The molecule has 3 aromatic rings. The molecular formula is C22H22N2O7S3. The Hall–Kier alpha value is -2.93. The molecule has 0 aliphatic carbocycles. The fourth-order valence-corrected chi connectivity index (χ4v) is 8.38. The van der Waals surface area contributed by atoms with E-state index in [1.807, 2.05) is 0 Å². The molecule has 2 N–H and O–H groups in total. The molecule has 1 fully saturated rings. The third kappa shape index (κ3) is 4.94. The number of benzene rings is 3. The second-order valence-corrected chi connectivity index (χ2v) is 13.4. The van der Waals surface area contributed by atoms with Gasteiger partial charge in [-0.2, -0.15) is 0 Å². The van der Waals surface area contributed by atoms with Crippen LogP contribution < -0.4 is 9.03 Å². The summed E-state index contributed by atoms with van der Waals surface area (Å²) in [7, 11) is -11.8. The SMILES string of the molecule is O=S1(=O)C[C@@H](O)[C@H](N(c2ccc(NS(=O)(=O)c3ccccc3)cc2)S(=O)(=O)c2ccccc2)C1. The summed E-state index contributed by atoms with van der Waals surface area (Å²) in [6.07, 6.45) is -1.42. The van der Waals surface area contributed by atoms with Crippen molar-refractivity contribution in [1.82, 2.24) is 0 Å². The summed E-state index contributed by atoms with van der Waals surface area (Å²) >= 11 is 0. The maximum absolute atomic E-state index is 13.5. The number of hydrogen-bond acceptors (Lipinski definition) is 7. The summed E-state index contributed by atoms with van der Waals surface area (Å²) in [5.41, 5.74) is 0.275. The number of aliphatic hydroxyl groups is 1. The summed E-state index contributed by atoms with van der Waals surface area (Å²) in [6.45, 7) is 0. The van der Waals surface area contributed by atoms with Crippen molar-refractivity contribution in [3.8, 4) is 0 Å². The van der Waals surface area contributed by atoms with Crippen molar-refractivity contribution < 1.29 is 30.4 Å². The van der Waals surface area contributed by atoms with Gasteiger partial charge in [-0.3, -0.25) is 9.03 Å². The van der Waals surface area contributed by atoms with Crippen molar-refractivity contribution in [3.63, 3.8) is 0 Å². The number of sulfonamides is 2. The maximum Gasteiger partial charge on any atom is 0.264 e. The lowest BCUT2D eigenvalue weighted by Crippen LogP contribution is -2.47. The Morgan fingerprint density at radius 1 is 0.765 bits per heavy atom. The summed E-state index contributed by atoms with van der Waals surface area (Å²) in [5, 5.41) is 10.4. The van der Waals surface area contributed by atoms with Gasteiger partial charge >= 0.3 is 0 Å². The predicted octanol–water partition coefficient (Wildman–Crippen LogP) is 1.84. The van der Waals surface area contributed by atoms with Gasteiger partial charge in [0.05, 0.1) is 39.1 Å². The Kier molecular flexibility index (Phi) is 6.42. The molecule has 4 rings (SSSR count). The lowest BCUT2D eigenvalue weighted by atomic mass is 10.2. The van der Waals surface area contributed by atoms with Crippen molar-refractivity contribution in [3.05, 3.63) is 84.9 Å². The van der Waals surface area contributed by atoms with Gasteiger partial charge in [-0.05, 0) is 48.5 Å². The highest BCUT2D eigenvalue weighted by Gasteiger charge is 2.45. The van der Waals surface area contributed by atoms with Crippen molar-refractivity contribution in [1.29, 1.82) is 0 Å². The van der Waals surface area contributed by atoms with Gasteiger partial charge < -0.3 is 5.11 Å². The van der Waals surface area contributed by atoms with Crippen LogP contribution in [0.15, 0.2) is 94.7 Å². The van der Waals surface area contributed by atoms with Gasteiger partial charge in [-0.15, -0.1) is 0 Å². The summed E-state index contributed by atoms with van der Waals surface area (Å²) < 4.78 is 79.7. The van der Waals surface area contributed by atoms with Crippen LogP contribution in [0.25, 0.3) is 0 Å². The van der Waals surface area contributed by atoms with Crippen LogP contribution in [0.1, 0.15) is 0 Å². The molecule has 0 aromatic heterocycles.